The molecule has 1 aliphatic carbocycles. The topological polar surface area (TPSA) is 32.3 Å². The van der Waals surface area contributed by atoms with E-state index in [1.54, 1.807) is 0 Å². The summed E-state index contributed by atoms with van der Waals surface area (Å²) < 4.78 is 0. The fourth-order valence-corrected chi connectivity index (χ4v) is 3.61. The summed E-state index contributed by atoms with van der Waals surface area (Å²) in [6, 6.07) is 0.710. The molecule has 19 heavy (non-hydrogen) atoms. The number of fused-ring (bicyclic) bond motifs is 1. The molecule has 0 bridgehead atoms. The molecule has 1 saturated heterocycles. The van der Waals surface area contributed by atoms with Gasteiger partial charge >= 0.3 is 0 Å². The highest BCUT2D eigenvalue weighted by Crippen LogP contribution is 2.33. The number of amides is 1. The summed E-state index contributed by atoms with van der Waals surface area (Å²) in [5, 5.41) is 3.61. The van der Waals surface area contributed by atoms with Crippen molar-refractivity contribution in [1.82, 2.24) is 10.2 Å². The van der Waals surface area contributed by atoms with Crippen LogP contribution in [-0.2, 0) is 4.79 Å². The Morgan fingerprint density at radius 2 is 2.05 bits per heavy atom. The number of carbonyl (C=O) groups excluding carboxylic acids is 1. The summed E-state index contributed by atoms with van der Waals surface area (Å²) in [4.78, 5) is 14.7. The summed E-state index contributed by atoms with van der Waals surface area (Å²) in [6.07, 6.45) is 7.49. The van der Waals surface area contributed by atoms with Gasteiger partial charge in [-0.2, -0.15) is 0 Å². The molecule has 3 nitrogen and oxygen atoms in total. The molecule has 4 unspecified atom stereocenters. The van der Waals surface area contributed by atoms with Gasteiger partial charge in [0.1, 0.15) is 0 Å². The molecule has 1 amide bonds. The maximum Gasteiger partial charge on any atom is 0.239 e. The van der Waals surface area contributed by atoms with E-state index in [2.05, 4.69) is 31.0 Å². The highest BCUT2D eigenvalue weighted by Gasteiger charge is 2.39. The van der Waals surface area contributed by atoms with Crippen LogP contribution in [0.1, 0.15) is 59.3 Å². The van der Waals surface area contributed by atoms with Crippen LogP contribution in [0.15, 0.2) is 0 Å². The number of hydrogen-bond acceptors (Lipinski definition) is 2. The largest absolute Gasteiger partial charge is 0.341 e. The molecule has 4 atom stereocenters. The van der Waals surface area contributed by atoms with E-state index in [9.17, 15) is 4.79 Å². The Morgan fingerprint density at radius 3 is 2.68 bits per heavy atom. The SMILES string of the molecule is CCC(C)CN(CC)C(=O)C1CC2CCCCC2N1. The summed E-state index contributed by atoms with van der Waals surface area (Å²) in [7, 11) is 0. The van der Waals surface area contributed by atoms with Crippen molar-refractivity contribution in [1.29, 1.82) is 0 Å². The quantitative estimate of drug-likeness (QED) is 0.830. The lowest BCUT2D eigenvalue weighted by Gasteiger charge is -2.27. The van der Waals surface area contributed by atoms with E-state index in [0.717, 1.165) is 31.8 Å². The van der Waals surface area contributed by atoms with E-state index in [-0.39, 0.29) is 6.04 Å². The lowest BCUT2D eigenvalue weighted by Crippen LogP contribution is -2.46. The van der Waals surface area contributed by atoms with E-state index in [0.29, 0.717) is 17.9 Å². The maximum absolute atomic E-state index is 12.6. The first kappa shape index (κ1) is 14.8. The van der Waals surface area contributed by atoms with E-state index >= 15 is 0 Å². The normalized spacial score (nSPS) is 31.8. The maximum atomic E-state index is 12.6. The van der Waals surface area contributed by atoms with Crippen molar-refractivity contribution >= 4 is 5.91 Å². The molecule has 0 aromatic rings. The second kappa shape index (κ2) is 6.74. The van der Waals surface area contributed by atoms with E-state index in [4.69, 9.17) is 0 Å². The monoisotopic (exact) mass is 266 g/mol. The van der Waals surface area contributed by atoms with Gasteiger partial charge in [0, 0.05) is 19.1 Å². The fraction of sp³-hybridized carbons (Fsp3) is 0.938. The number of hydrogen-bond donors (Lipinski definition) is 1. The van der Waals surface area contributed by atoms with Crippen molar-refractivity contribution in [3.05, 3.63) is 0 Å². The van der Waals surface area contributed by atoms with Gasteiger partial charge in [0.2, 0.25) is 5.91 Å². The van der Waals surface area contributed by atoms with Crippen LogP contribution < -0.4 is 5.32 Å². The van der Waals surface area contributed by atoms with Crippen LogP contribution in [0.25, 0.3) is 0 Å². The minimum Gasteiger partial charge on any atom is -0.341 e. The highest BCUT2D eigenvalue weighted by molar-refractivity contribution is 5.82. The molecule has 0 radical (unpaired) electrons. The van der Waals surface area contributed by atoms with Gasteiger partial charge in [-0.25, -0.2) is 0 Å². The van der Waals surface area contributed by atoms with Gasteiger partial charge in [-0.1, -0.05) is 33.1 Å². The zero-order valence-electron chi connectivity index (χ0n) is 12.8. The highest BCUT2D eigenvalue weighted by atomic mass is 16.2. The predicted octanol–water partition coefficient (Wildman–Crippen LogP) is 2.80. The van der Waals surface area contributed by atoms with Gasteiger partial charge in [-0.15, -0.1) is 0 Å². The average Bonchev–Trinajstić information content (AvgIpc) is 2.87. The van der Waals surface area contributed by atoms with Crippen LogP contribution >= 0.6 is 0 Å². The standard InChI is InChI=1S/C16H30N2O/c1-4-12(3)11-18(5-2)16(19)15-10-13-8-6-7-9-14(13)17-15/h12-15,17H,4-11H2,1-3H3. The fourth-order valence-electron chi connectivity index (χ4n) is 3.61. The van der Waals surface area contributed by atoms with Gasteiger partial charge in [0.25, 0.3) is 0 Å². The number of nitrogens with one attached hydrogen (secondary N) is 1. The van der Waals surface area contributed by atoms with Crippen molar-refractivity contribution in [2.45, 2.75) is 71.4 Å². The number of carbonyl (C=O) groups is 1. The van der Waals surface area contributed by atoms with Crippen LogP contribution in [0.4, 0.5) is 0 Å². The van der Waals surface area contributed by atoms with Crippen LogP contribution in [0.2, 0.25) is 0 Å². The van der Waals surface area contributed by atoms with Crippen molar-refractivity contribution in [3.8, 4) is 0 Å². The number of likely N-dealkylation sites (N-methyl/N-ethyl adjacent to an activating group) is 1. The van der Waals surface area contributed by atoms with Gasteiger partial charge in [-0.3, -0.25) is 4.79 Å². The van der Waals surface area contributed by atoms with E-state index in [1.165, 1.54) is 25.7 Å². The average molecular weight is 266 g/mol. The lowest BCUT2D eigenvalue weighted by molar-refractivity contribution is -0.133. The molecular weight excluding hydrogens is 236 g/mol. The Kier molecular flexibility index (Phi) is 5.26. The van der Waals surface area contributed by atoms with Gasteiger partial charge in [-0.05, 0) is 38.0 Å². The third kappa shape index (κ3) is 3.50. The van der Waals surface area contributed by atoms with E-state index in [1.807, 2.05) is 0 Å². The Bertz CT molecular complexity index is 291. The first-order valence-corrected chi connectivity index (χ1v) is 8.20. The molecular formula is C16H30N2O. The Balaban J connectivity index is 1.91. The van der Waals surface area contributed by atoms with Gasteiger partial charge in [0.15, 0.2) is 0 Å². The summed E-state index contributed by atoms with van der Waals surface area (Å²) >= 11 is 0. The Hall–Kier alpha value is -0.570. The van der Waals surface area contributed by atoms with Crippen molar-refractivity contribution in [3.63, 3.8) is 0 Å². The molecule has 1 saturated carbocycles. The number of nitrogens with zero attached hydrogens (tertiary/aromatic N) is 1. The Morgan fingerprint density at radius 1 is 1.32 bits per heavy atom. The molecule has 110 valence electrons. The van der Waals surface area contributed by atoms with Gasteiger partial charge in [0.05, 0.1) is 6.04 Å². The predicted molar refractivity (Wildman–Crippen MR) is 79.0 cm³/mol. The summed E-state index contributed by atoms with van der Waals surface area (Å²) in [6.45, 7) is 8.29. The molecule has 0 aromatic heterocycles. The third-order valence-electron chi connectivity index (χ3n) is 5.08. The van der Waals surface area contributed by atoms with Gasteiger partial charge < -0.3 is 10.2 Å². The van der Waals surface area contributed by atoms with E-state index < -0.39 is 0 Å². The zero-order valence-corrected chi connectivity index (χ0v) is 12.8. The first-order valence-electron chi connectivity index (χ1n) is 8.20. The summed E-state index contributed by atoms with van der Waals surface area (Å²) in [5.41, 5.74) is 0. The van der Waals surface area contributed by atoms with Crippen molar-refractivity contribution in [2.75, 3.05) is 13.1 Å². The molecule has 0 aromatic carbocycles. The smallest absolute Gasteiger partial charge is 0.239 e. The first-order chi connectivity index (χ1) is 9.15. The minimum absolute atomic E-state index is 0.0945. The number of rotatable bonds is 5. The van der Waals surface area contributed by atoms with Crippen LogP contribution in [0.5, 0.6) is 0 Å². The van der Waals surface area contributed by atoms with Crippen molar-refractivity contribution < 1.29 is 4.79 Å². The second-order valence-electron chi connectivity index (χ2n) is 6.50. The Labute approximate surface area is 118 Å². The molecule has 2 aliphatic rings. The molecule has 0 spiro atoms. The second-order valence-corrected chi connectivity index (χ2v) is 6.50. The minimum atomic E-state index is 0.0945. The van der Waals surface area contributed by atoms with Crippen LogP contribution in [0, 0.1) is 11.8 Å². The molecule has 2 fully saturated rings. The zero-order chi connectivity index (χ0) is 13.8. The lowest BCUT2D eigenvalue weighted by atomic mass is 9.85. The molecule has 1 heterocycles. The molecule has 3 heteroatoms. The molecule has 1 aliphatic heterocycles. The summed E-state index contributed by atoms with van der Waals surface area (Å²) in [5.74, 6) is 1.70. The molecule has 2 rings (SSSR count). The van der Waals surface area contributed by atoms with Crippen LogP contribution in [-0.4, -0.2) is 36.0 Å². The van der Waals surface area contributed by atoms with Crippen LogP contribution in [0.3, 0.4) is 0 Å². The van der Waals surface area contributed by atoms with Crippen molar-refractivity contribution in [2.24, 2.45) is 11.8 Å². The third-order valence-corrected chi connectivity index (χ3v) is 5.08. The molecule has 1 N–H and O–H groups in total.